The molecular weight excluding hydrogens is 779 g/mol. The molecule has 1 fully saturated rings. The first-order valence-electron chi connectivity index (χ1n) is 22.4. The minimum Gasteiger partial charge on any atom is -0.462 e. The van der Waals surface area contributed by atoms with Crippen molar-refractivity contribution in [3.05, 3.63) is 48.6 Å². The number of hydrogen-bond donors (Lipinski definition) is 6. The highest BCUT2D eigenvalue weighted by molar-refractivity contribution is 7.47. The molecule has 0 amide bonds. The van der Waals surface area contributed by atoms with E-state index in [-0.39, 0.29) is 12.8 Å². The van der Waals surface area contributed by atoms with E-state index in [1.54, 1.807) is 0 Å². The maximum atomic E-state index is 12.8. The van der Waals surface area contributed by atoms with Crippen molar-refractivity contribution >= 4 is 19.8 Å². The third kappa shape index (κ3) is 28.1. The summed E-state index contributed by atoms with van der Waals surface area (Å²) in [7, 11) is -5.13. The highest BCUT2D eigenvalue weighted by atomic mass is 31.2. The zero-order valence-corrected chi connectivity index (χ0v) is 36.9. The highest BCUT2D eigenvalue weighted by Gasteiger charge is 2.51. The van der Waals surface area contributed by atoms with E-state index in [1.165, 1.54) is 64.2 Å². The minimum atomic E-state index is -5.13. The molecule has 0 heterocycles. The number of ether oxygens (including phenoxy) is 2. The maximum Gasteiger partial charge on any atom is 0.472 e. The number of carbonyl (C=O) groups excluding carboxylic acids is 2. The van der Waals surface area contributed by atoms with Crippen molar-refractivity contribution in [1.29, 1.82) is 0 Å². The minimum absolute atomic E-state index is 0.0461. The molecule has 13 nitrogen and oxygen atoms in total. The van der Waals surface area contributed by atoms with Gasteiger partial charge < -0.3 is 39.9 Å². The van der Waals surface area contributed by atoms with Crippen LogP contribution in [0.3, 0.4) is 0 Å². The lowest BCUT2D eigenvalue weighted by Crippen LogP contribution is -2.64. The van der Waals surface area contributed by atoms with Gasteiger partial charge in [0.15, 0.2) is 6.10 Å². The molecule has 1 aliphatic carbocycles. The topological polar surface area (TPSA) is 210 Å². The second-order valence-electron chi connectivity index (χ2n) is 15.5. The molecule has 6 unspecified atom stereocenters. The molecule has 6 N–H and O–H groups in total. The average Bonchev–Trinajstić information content (AvgIpc) is 3.21. The quantitative estimate of drug-likeness (QED) is 0.0152. The van der Waals surface area contributed by atoms with Gasteiger partial charge in [-0.1, -0.05) is 127 Å². The van der Waals surface area contributed by atoms with Crippen molar-refractivity contribution in [2.24, 2.45) is 0 Å². The lowest BCUT2D eigenvalue weighted by molar-refractivity contribution is -0.220. The third-order valence-corrected chi connectivity index (χ3v) is 11.1. The number of rotatable bonds is 36. The number of phosphoric ester groups is 1. The normalized spacial score (nSPS) is 22.8. The molecule has 1 saturated carbocycles. The predicted molar refractivity (Wildman–Crippen MR) is 230 cm³/mol. The van der Waals surface area contributed by atoms with Crippen molar-refractivity contribution in [1.82, 2.24) is 0 Å². The largest absolute Gasteiger partial charge is 0.472 e. The molecular formula is C45H79O13P. The maximum absolute atomic E-state index is 12.8. The number of phosphoric acid groups is 1. The standard InChI is InChI=1S/C45H79O13P/c1-3-5-7-9-11-13-15-17-19-21-23-25-27-29-31-33-38(46)55-35-37(36-56-59(53,54)58-45-43(51)41(49)40(48)42(50)44(45)52)57-39(47)34-32-30-28-26-24-22-20-18-16-14-12-10-8-6-4-2/h12-15,18,20,24,26,37,40-45,48-52H,3-11,16-17,19,21-23,25,27-36H2,1-2H3,(H,53,54). The van der Waals surface area contributed by atoms with Gasteiger partial charge in [0, 0.05) is 12.8 Å². The summed E-state index contributed by atoms with van der Waals surface area (Å²) in [6.07, 6.45) is 27.4. The zero-order valence-electron chi connectivity index (χ0n) is 36.0. The Hall–Kier alpha value is -2.19. The Morgan fingerprint density at radius 3 is 1.47 bits per heavy atom. The molecule has 0 radical (unpaired) electrons. The molecule has 1 rings (SSSR count). The van der Waals surface area contributed by atoms with Crippen molar-refractivity contribution in [3.8, 4) is 0 Å². The molecule has 0 bridgehead atoms. The fourth-order valence-electron chi connectivity index (χ4n) is 6.46. The molecule has 0 saturated heterocycles. The van der Waals surface area contributed by atoms with Crippen LogP contribution in [0.2, 0.25) is 0 Å². The van der Waals surface area contributed by atoms with Gasteiger partial charge in [0.2, 0.25) is 0 Å². The molecule has 0 aromatic carbocycles. The first-order chi connectivity index (χ1) is 28.4. The van der Waals surface area contributed by atoms with Crippen LogP contribution in [-0.4, -0.2) is 98.3 Å². The zero-order chi connectivity index (χ0) is 43.6. The number of esters is 2. The van der Waals surface area contributed by atoms with Crippen LogP contribution in [0.4, 0.5) is 0 Å². The van der Waals surface area contributed by atoms with Gasteiger partial charge >= 0.3 is 19.8 Å². The number of allylic oxidation sites excluding steroid dienone is 8. The van der Waals surface area contributed by atoms with E-state index in [9.17, 15) is 44.6 Å². The second kappa shape index (κ2) is 35.4. The molecule has 0 aliphatic heterocycles. The van der Waals surface area contributed by atoms with Crippen molar-refractivity contribution < 1.29 is 63.1 Å². The van der Waals surface area contributed by atoms with Gasteiger partial charge in [-0.15, -0.1) is 0 Å². The third-order valence-electron chi connectivity index (χ3n) is 10.1. The summed E-state index contributed by atoms with van der Waals surface area (Å²) in [6.45, 7) is 3.21. The van der Waals surface area contributed by atoms with E-state index < -0.39 is 75.7 Å². The van der Waals surface area contributed by atoms with Crippen molar-refractivity contribution in [3.63, 3.8) is 0 Å². The van der Waals surface area contributed by atoms with Gasteiger partial charge in [0.05, 0.1) is 6.61 Å². The first kappa shape index (κ1) is 54.8. The average molecular weight is 859 g/mol. The van der Waals surface area contributed by atoms with E-state index in [1.807, 2.05) is 0 Å². The van der Waals surface area contributed by atoms with Gasteiger partial charge in [-0.25, -0.2) is 4.57 Å². The van der Waals surface area contributed by atoms with E-state index in [0.29, 0.717) is 12.8 Å². The lowest BCUT2D eigenvalue weighted by atomic mass is 9.85. The van der Waals surface area contributed by atoms with Crippen LogP contribution in [-0.2, 0) is 32.7 Å². The van der Waals surface area contributed by atoms with Crippen LogP contribution in [0, 0.1) is 0 Å². The van der Waals surface area contributed by atoms with Gasteiger partial charge in [-0.2, -0.15) is 0 Å². The van der Waals surface area contributed by atoms with E-state index in [4.69, 9.17) is 18.5 Å². The van der Waals surface area contributed by atoms with Gasteiger partial charge in [0.25, 0.3) is 0 Å². The number of carbonyl (C=O) groups is 2. The van der Waals surface area contributed by atoms with E-state index in [2.05, 4.69) is 62.5 Å². The number of aliphatic hydroxyl groups is 5. The first-order valence-corrected chi connectivity index (χ1v) is 23.9. The Kier molecular flexibility index (Phi) is 32.9. The molecule has 59 heavy (non-hydrogen) atoms. The summed E-state index contributed by atoms with van der Waals surface area (Å²) >= 11 is 0. The molecule has 342 valence electrons. The molecule has 0 aromatic rings. The Morgan fingerprint density at radius 2 is 0.915 bits per heavy atom. The molecule has 1 aliphatic rings. The van der Waals surface area contributed by atoms with Gasteiger partial charge in [-0.05, 0) is 77.0 Å². The van der Waals surface area contributed by atoms with Crippen LogP contribution in [0.1, 0.15) is 168 Å². The number of aliphatic hydroxyl groups excluding tert-OH is 5. The predicted octanol–water partition coefficient (Wildman–Crippen LogP) is 8.39. The lowest BCUT2D eigenvalue weighted by Gasteiger charge is -2.41. The summed E-state index contributed by atoms with van der Waals surface area (Å²) in [5.41, 5.74) is 0. The van der Waals surface area contributed by atoms with E-state index >= 15 is 0 Å². The van der Waals surface area contributed by atoms with Gasteiger partial charge in [0.1, 0.15) is 43.2 Å². The smallest absolute Gasteiger partial charge is 0.462 e. The summed E-state index contributed by atoms with van der Waals surface area (Å²) in [5.74, 6) is -1.15. The molecule has 0 spiro atoms. The Bertz CT molecular complexity index is 1220. The highest BCUT2D eigenvalue weighted by Crippen LogP contribution is 2.47. The summed E-state index contributed by atoms with van der Waals surface area (Å²) in [5, 5.41) is 50.1. The van der Waals surface area contributed by atoms with Crippen molar-refractivity contribution in [2.75, 3.05) is 13.2 Å². The number of unbranched alkanes of at least 4 members (excludes halogenated alkanes) is 16. The molecule has 0 aromatic heterocycles. The van der Waals surface area contributed by atoms with Crippen LogP contribution >= 0.6 is 7.82 Å². The van der Waals surface area contributed by atoms with Crippen LogP contribution in [0.25, 0.3) is 0 Å². The van der Waals surface area contributed by atoms with Crippen LogP contribution in [0.5, 0.6) is 0 Å². The molecule has 6 atom stereocenters. The monoisotopic (exact) mass is 859 g/mol. The fourth-order valence-corrected chi connectivity index (χ4v) is 7.44. The Morgan fingerprint density at radius 1 is 0.525 bits per heavy atom. The number of hydrogen-bond acceptors (Lipinski definition) is 12. The van der Waals surface area contributed by atoms with E-state index in [0.717, 1.165) is 64.2 Å². The summed E-state index contributed by atoms with van der Waals surface area (Å²) < 4.78 is 33.4. The second-order valence-corrected chi connectivity index (χ2v) is 16.9. The van der Waals surface area contributed by atoms with Crippen LogP contribution < -0.4 is 0 Å². The van der Waals surface area contributed by atoms with Crippen molar-refractivity contribution in [2.45, 2.75) is 211 Å². The molecule has 14 heteroatoms. The summed E-state index contributed by atoms with van der Waals surface area (Å²) in [4.78, 5) is 35.6. The van der Waals surface area contributed by atoms with Crippen LogP contribution in [0.15, 0.2) is 48.6 Å². The SMILES string of the molecule is CCCCCC=CCC=CCC=CCCCCC(=O)OC(COC(=O)CCCCCCCCCC=CCCCCCC)COP(=O)(O)OC1C(O)C(O)C(O)C(O)C1O. The summed E-state index contributed by atoms with van der Waals surface area (Å²) in [6, 6.07) is 0. The Balaban J connectivity index is 2.51. The van der Waals surface area contributed by atoms with Gasteiger partial charge in [-0.3, -0.25) is 18.6 Å². The Labute approximate surface area is 354 Å². The fraction of sp³-hybridized carbons (Fsp3) is 0.778.